The molecule has 3 unspecified atom stereocenters. The van der Waals surface area contributed by atoms with Gasteiger partial charge in [-0.3, -0.25) is 0 Å². The molecule has 8 atom stereocenters. The van der Waals surface area contributed by atoms with Crippen molar-refractivity contribution in [3.63, 3.8) is 0 Å². The van der Waals surface area contributed by atoms with Gasteiger partial charge in [0.25, 0.3) is 0 Å². The number of fused-ring (bicyclic) bond motifs is 5. The van der Waals surface area contributed by atoms with Crippen molar-refractivity contribution in [1.82, 2.24) is 0 Å². The van der Waals surface area contributed by atoms with Crippen LogP contribution in [0.5, 0.6) is 0 Å². The Hall–Kier alpha value is -0.670. The fourth-order valence-corrected chi connectivity index (χ4v) is 6.80. The molecule has 128 valence electrons. The highest BCUT2D eigenvalue weighted by atomic mass is 16.3. The normalized spacial score (nSPS) is 55.4. The second-order valence-corrected chi connectivity index (χ2v) is 9.09. The van der Waals surface area contributed by atoms with Gasteiger partial charge in [0.05, 0.1) is 17.6 Å². The Morgan fingerprint density at radius 2 is 2.00 bits per heavy atom. The van der Waals surface area contributed by atoms with Crippen LogP contribution in [0.3, 0.4) is 0 Å². The summed E-state index contributed by atoms with van der Waals surface area (Å²) < 4.78 is 0. The van der Waals surface area contributed by atoms with Crippen LogP contribution in [0.1, 0.15) is 58.8 Å². The van der Waals surface area contributed by atoms with Gasteiger partial charge in [-0.05, 0) is 74.0 Å². The number of carbonyl (C=O) groups excluding carboxylic acids is 1. The van der Waals surface area contributed by atoms with E-state index in [1.54, 1.807) is 0 Å². The van der Waals surface area contributed by atoms with Crippen molar-refractivity contribution in [2.45, 2.75) is 71.0 Å². The molecule has 0 bridgehead atoms. The predicted molar refractivity (Wildman–Crippen MR) is 88.7 cm³/mol. The molecule has 0 aliphatic heterocycles. The summed E-state index contributed by atoms with van der Waals surface area (Å²) in [7, 11) is 0. The minimum absolute atomic E-state index is 0.0520. The van der Waals surface area contributed by atoms with Gasteiger partial charge in [0, 0.05) is 0 Å². The van der Waals surface area contributed by atoms with Crippen molar-refractivity contribution in [2.24, 2.45) is 34.5 Å². The molecule has 0 aromatic rings. The zero-order valence-electron chi connectivity index (χ0n) is 14.4. The molecule has 0 saturated heterocycles. The van der Waals surface area contributed by atoms with Gasteiger partial charge in [-0.15, -0.1) is 0 Å². The second-order valence-electron chi connectivity index (χ2n) is 9.09. The summed E-state index contributed by atoms with van der Waals surface area (Å²) in [6.07, 6.45) is 9.67. The van der Waals surface area contributed by atoms with Gasteiger partial charge in [-0.2, -0.15) is 0 Å². The number of hydrogen-bond acceptors (Lipinski definition) is 3. The van der Waals surface area contributed by atoms with E-state index in [2.05, 4.69) is 19.9 Å². The van der Waals surface area contributed by atoms with Gasteiger partial charge < -0.3 is 15.0 Å². The van der Waals surface area contributed by atoms with Crippen molar-refractivity contribution in [3.8, 4) is 0 Å². The summed E-state index contributed by atoms with van der Waals surface area (Å²) in [6, 6.07) is 0. The maximum atomic E-state index is 12.3. The molecule has 4 rings (SSSR count). The van der Waals surface area contributed by atoms with Crippen LogP contribution < -0.4 is 0 Å². The first-order chi connectivity index (χ1) is 10.9. The minimum atomic E-state index is -0.337. The minimum Gasteiger partial charge on any atom is -0.393 e. The van der Waals surface area contributed by atoms with Gasteiger partial charge in [0.15, 0.2) is 0 Å². The van der Waals surface area contributed by atoms with Gasteiger partial charge in [0.1, 0.15) is 6.29 Å². The van der Waals surface area contributed by atoms with Crippen molar-refractivity contribution >= 4 is 6.29 Å². The summed E-state index contributed by atoms with van der Waals surface area (Å²) >= 11 is 0. The smallest absolute Gasteiger partial charge is 0.130 e. The van der Waals surface area contributed by atoms with Gasteiger partial charge >= 0.3 is 0 Å². The number of aldehydes is 1. The van der Waals surface area contributed by atoms with Crippen LogP contribution in [0.15, 0.2) is 11.6 Å². The van der Waals surface area contributed by atoms with Gasteiger partial charge in [0.2, 0.25) is 0 Å². The van der Waals surface area contributed by atoms with Crippen molar-refractivity contribution in [3.05, 3.63) is 11.6 Å². The van der Waals surface area contributed by atoms with E-state index in [0.717, 1.165) is 38.5 Å². The van der Waals surface area contributed by atoms with Crippen molar-refractivity contribution in [2.75, 3.05) is 0 Å². The van der Waals surface area contributed by atoms with Crippen molar-refractivity contribution < 1.29 is 15.0 Å². The largest absolute Gasteiger partial charge is 0.393 e. The Bertz CT molecular complexity index is 541. The van der Waals surface area contributed by atoms with E-state index in [0.29, 0.717) is 24.2 Å². The number of aliphatic hydroxyl groups is 2. The highest BCUT2D eigenvalue weighted by Crippen LogP contribution is 2.64. The number of allylic oxidation sites excluding steroid dienone is 1. The zero-order chi connectivity index (χ0) is 16.4. The Balaban J connectivity index is 1.73. The summed E-state index contributed by atoms with van der Waals surface area (Å²) in [6.45, 7) is 4.36. The zero-order valence-corrected chi connectivity index (χ0v) is 14.4. The van der Waals surface area contributed by atoms with Gasteiger partial charge in [-0.25, -0.2) is 0 Å². The molecule has 3 nitrogen and oxygen atoms in total. The third-order valence-electron chi connectivity index (χ3n) is 8.24. The van der Waals surface area contributed by atoms with Crippen LogP contribution in [0.25, 0.3) is 0 Å². The van der Waals surface area contributed by atoms with Crippen LogP contribution in [-0.4, -0.2) is 28.7 Å². The molecule has 3 saturated carbocycles. The molecule has 0 aromatic carbocycles. The summed E-state index contributed by atoms with van der Waals surface area (Å²) in [5.74, 6) is 1.69. The molecule has 0 radical (unpaired) electrons. The summed E-state index contributed by atoms with van der Waals surface area (Å²) in [5.41, 5.74) is 0.925. The molecule has 4 aliphatic rings. The summed E-state index contributed by atoms with van der Waals surface area (Å²) in [4.78, 5) is 12.3. The van der Waals surface area contributed by atoms with E-state index in [1.165, 1.54) is 11.9 Å². The Labute approximate surface area is 139 Å². The third-order valence-corrected chi connectivity index (χ3v) is 8.24. The molecule has 2 N–H and O–H groups in total. The highest BCUT2D eigenvalue weighted by Gasteiger charge is 2.60. The molecule has 0 heterocycles. The maximum absolute atomic E-state index is 12.3. The number of carbonyl (C=O) groups is 1. The van der Waals surface area contributed by atoms with Crippen LogP contribution in [0, 0.1) is 34.5 Å². The Morgan fingerprint density at radius 3 is 2.74 bits per heavy atom. The monoisotopic (exact) mass is 318 g/mol. The number of aliphatic hydroxyl groups excluding tert-OH is 2. The average Bonchev–Trinajstić information content (AvgIpc) is 2.84. The standard InChI is InChI=1S/C20H30O3/c1-12-10-20(11-21)13(9-17(12)22)3-4-14-15-5-6-18(23)19(15,2)8-7-16(14)20/h3,11-12,14-18,22-23H,4-10H2,1-2H3/t12-,14?,15?,16?,17+,18-,19-,20+/m0/s1. The van der Waals surface area contributed by atoms with E-state index < -0.39 is 0 Å². The quantitative estimate of drug-likeness (QED) is 0.577. The maximum Gasteiger partial charge on any atom is 0.130 e. The fourth-order valence-electron chi connectivity index (χ4n) is 6.80. The van der Waals surface area contributed by atoms with Gasteiger partial charge in [-0.1, -0.05) is 25.5 Å². The Kier molecular flexibility index (Phi) is 3.55. The molecule has 4 aliphatic carbocycles. The second kappa shape index (κ2) is 5.16. The molecule has 23 heavy (non-hydrogen) atoms. The SMILES string of the molecule is C[C@H]1C[C@@]2(C=O)C(=CCC3C2CC[C@@]2(C)C3CC[C@@H]2O)C[C@H]1O. The topological polar surface area (TPSA) is 57.5 Å². The highest BCUT2D eigenvalue weighted by molar-refractivity contribution is 5.67. The molecule has 0 amide bonds. The van der Waals surface area contributed by atoms with Crippen LogP contribution in [-0.2, 0) is 4.79 Å². The molecule has 0 spiro atoms. The van der Waals surface area contributed by atoms with E-state index >= 15 is 0 Å². The predicted octanol–water partition coefficient (Wildman–Crippen LogP) is 3.10. The fraction of sp³-hybridized carbons (Fsp3) is 0.850. The first-order valence-corrected chi connectivity index (χ1v) is 9.44. The van der Waals surface area contributed by atoms with Crippen LogP contribution in [0.4, 0.5) is 0 Å². The summed E-state index contributed by atoms with van der Waals surface area (Å²) in [5, 5.41) is 20.7. The lowest BCUT2D eigenvalue weighted by Gasteiger charge is -2.57. The lowest BCUT2D eigenvalue weighted by Crippen LogP contribution is -2.54. The van der Waals surface area contributed by atoms with Crippen LogP contribution >= 0.6 is 0 Å². The van der Waals surface area contributed by atoms with E-state index in [-0.39, 0.29) is 29.0 Å². The number of hydrogen-bond donors (Lipinski definition) is 2. The molecular weight excluding hydrogens is 288 g/mol. The van der Waals surface area contributed by atoms with Crippen LogP contribution in [0.2, 0.25) is 0 Å². The first-order valence-electron chi connectivity index (χ1n) is 9.44. The lowest BCUT2D eigenvalue weighted by atomic mass is 9.47. The molecule has 0 aromatic heterocycles. The van der Waals surface area contributed by atoms with E-state index in [9.17, 15) is 15.0 Å². The lowest BCUT2D eigenvalue weighted by molar-refractivity contribution is -0.130. The molecule has 3 fully saturated rings. The van der Waals surface area contributed by atoms with Crippen molar-refractivity contribution in [1.29, 1.82) is 0 Å². The third kappa shape index (κ3) is 1.99. The molecule has 3 heteroatoms. The molecular formula is C20H30O3. The average molecular weight is 318 g/mol. The number of rotatable bonds is 1. The Morgan fingerprint density at radius 1 is 1.22 bits per heavy atom. The van der Waals surface area contributed by atoms with E-state index in [1.807, 2.05) is 0 Å². The first kappa shape index (κ1) is 15.8. The van der Waals surface area contributed by atoms with E-state index in [4.69, 9.17) is 0 Å².